The van der Waals surface area contributed by atoms with Crippen molar-refractivity contribution in [1.29, 1.82) is 0 Å². The van der Waals surface area contributed by atoms with Crippen LogP contribution in [0.2, 0.25) is 0 Å². The quantitative estimate of drug-likeness (QED) is 0.832. The standard InChI is InChI=1S/C14H14BrF2N3O/c1-4-11-19-13(18-3)7(2)14(20-11)21-10-6-8(15)5-9(16)12(10)17/h5-6H,4H2,1-3H3,(H,18,19,20). The van der Waals surface area contributed by atoms with Gasteiger partial charge >= 0.3 is 0 Å². The molecule has 0 saturated carbocycles. The minimum Gasteiger partial charge on any atom is -0.435 e. The van der Waals surface area contributed by atoms with Crippen LogP contribution >= 0.6 is 15.9 Å². The fourth-order valence-electron chi connectivity index (χ4n) is 1.75. The third-order valence-electron chi connectivity index (χ3n) is 2.87. The lowest BCUT2D eigenvalue weighted by Crippen LogP contribution is -2.05. The van der Waals surface area contributed by atoms with Crippen LogP contribution in [0.25, 0.3) is 0 Å². The number of aromatic nitrogens is 2. The lowest BCUT2D eigenvalue weighted by molar-refractivity contribution is 0.401. The zero-order chi connectivity index (χ0) is 15.6. The van der Waals surface area contributed by atoms with Crippen LogP contribution in [0, 0.1) is 18.6 Å². The number of halogens is 3. The molecule has 0 atom stereocenters. The van der Waals surface area contributed by atoms with E-state index in [0.29, 0.717) is 28.1 Å². The molecule has 2 rings (SSSR count). The molecule has 4 nitrogen and oxygen atoms in total. The lowest BCUT2D eigenvalue weighted by Gasteiger charge is -2.13. The van der Waals surface area contributed by atoms with E-state index in [-0.39, 0.29) is 11.6 Å². The summed E-state index contributed by atoms with van der Waals surface area (Å²) in [5.41, 5.74) is 0.620. The number of rotatable bonds is 4. The Morgan fingerprint density at radius 1 is 1.29 bits per heavy atom. The fraction of sp³-hybridized carbons (Fsp3) is 0.286. The van der Waals surface area contributed by atoms with Crippen molar-refractivity contribution in [2.75, 3.05) is 12.4 Å². The number of nitrogens with zero attached hydrogens (tertiary/aromatic N) is 2. The van der Waals surface area contributed by atoms with E-state index in [0.717, 1.165) is 6.07 Å². The maximum Gasteiger partial charge on any atom is 0.227 e. The van der Waals surface area contributed by atoms with E-state index in [1.165, 1.54) is 6.07 Å². The van der Waals surface area contributed by atoms with Crippen molar-refractivity contribution >= 4 is 21.7 Å². The number of ether oxygens (including phenoxy) is 1. The molecule has 0 aliphatic rings. The van der Waals surface area contributed by atoms with Crippen LogP contribution in [0.1, 0.15) is 18.3 Å². The number of aryl methyl sites for hydroxylation is 1. The Labute approximate surface area is 129 Å². The summed E-state index contributed by atoms with van der Waals surface area (Å²) in [6.07, 6.45) is 0.598. The molecule has 0 aliphatic carbocycles. The van der Waals surface area contributed by atoms with E-state index in [4.69, 9.17) is 4.74 Å². The summed E-state index contributed by atoms with van der Waals surface area (Å²) < 4.78 is 33.0. The second-order valence-corrected chi connectivity index (χ2v) is 5.24. The molecular formula is C14H14BrF2N3O. The smallest absolute Gasteiger partial charge is 0.227 e. The van der Waals surface area contributed by atoms with Gasteiger partial charge in [0.1, 0.15) is 11.6 Å². The number of benzene rings is 1. The zero-order valence-electron chi connectivity index (χ0n) is 11.8. The summed E-state index contributed by atoms with van der Waals surface area (Å²) in [6.45, 7) is 3.64. The van der Waals surface area contributed by atoms with Gasteiger partial charge in [0, 0.05) is 17.9 Å². The molecule has 0 amide bonds. The monoisotopic (exact) mass is 357 g/mol. The number of hydrogen-bond acceptors (Lipinski definition) is 4. The first-order valence-corrected chi connectivity index (χ1v) is 7.13. The first-order valence-electron chi connectivity index (χ1n) is 6.33. The zero-order valence-corrected chi connectivity index (χ0v) is 13.4. The summed E-state index contributed by atoms with van der Waals surface area (Å²) >= 11 is 3.10. The van der Waals surface area contributed by atoms with Crippen molar-refractivity contribution in [1.82, 2.24) is 9.97 Å². The SMILES string of the molecule is CCc1nc(NC)c(C)c(Oc2cc(Br)cc(F)c2F)n1. The van der Waals surface area contributed by atoms with Crippen LogP contribution in [0.3, 0.4) is 0 Å². The van der Waals surface area contributed by atoms with Crippen LogP contribution in [0.5, 0.6) is 11.6 Å². The second-order valence-electron chi connectivity index (χ2n) is 4.32. The van der Waals surface area contributed by atoms with Crippen molar-refractivity contribution < 1.29 is 13.5 Å². The van der Waals surface area contributed by atoms with E-state index < -0.39 is 11.6 Å². The van der Waals surface area contributed by atoms with Crippen molar-refractivity contribution in [2.45, 2.75) is 20.3 Å². The molecule has 1 aromatic heterocycles. The first kappa shape index (κ1) is 15.6. The average molecular weight is 358 g/mol. The molecule has 0 radical (unpaired) electrons. The van der Waals surface area contributed by atoms with Gasteiger partial charge in [-0.25, -0.2) is 9.37 Å². The summed E-state index contributed by atoms with van der Waals surface area (Å²) in [4.78, 5) is 8.51. The van der Waals surface area contributed by atoms with E-state index >= 15 is 0 Å². The molecule has 1 N–H and O–H groups in total. The van der Waals surface area contributed by atoms with Gasteiger partial charge in [-0.3, -0.25) is 0 Å². The molecule has 0 spiro atoms. The Bertz CT molecular complexity index is 680. The number of hydrogen-bond donors (Lipinski definition) is 1. The largest absolute Gasteiger partial charge is 0.435 e. The Balaban J connectivity index is 2.49. The van der Waals surface area contributed by atoms with Crippen LogP contribution in [-0.4, -0.2) is 17.0 Å². The van der Waals surface area contributed by atoms with Gasteiger partial charge in [-0.1, -0.05) is 22.9 Å². The topological polar surface area (TPSA) is 47.0 Å². The summed E-state index contributed by atoms with van der Waals surface area (Å²) in [6, 6.07) is 2.39. The highest BCUT2D eigenvalue weighted by molar-refractivity contribution is 9.10. The predicted molar refractivity (Wildman–Crippen MR) is 79.8 cm³/mol. The Morgan fingerprint density at radius 2 is 2.00 bits per heavy atom. The third-order valence-corrected chi connectivity index (χ3v) is 3.32. The maximum atomic E-state index is 13.8. The fourth-order valence-corrected chi connectivity index (χ4v) is 2.16. The highest BCUT2D eigenvalue weighted by Crippen LogP contribution is 2.31. The highest BCUT2D eigenvalue weighted by atomic mass is 79.9. The molecule has 1 heterocycles. The molecule has 2 aromatic rings. The lowest BCUT2D eigenvalue weighted by atomic mass is 10.3. The normalized spacial score (nSPS) is 10.6. The molecule has 0 bridgehead atoms. The van der Waals surface area contributed by atoms with E-state index in [9.17, 15) is 8.78 Å². The van der Waals surface area contributed by atoms with Crippen LogP contribution in [-0.2, 0) is 6.42 Å². The van der Waals surface area contributed by atoms with E-state index in [1.807, 2.05) is 6.92 Å². The van der Waals surface area contributed by atoms with Gasteiger partial charge in [0.2, 0.25) is 11.7 Å². The van der Waals surface area contributed by atoms with Gasteiger partial charge in [0.05, 0.1) is 5.56 Å². The summed E-state index contributed by atoms with van der Waals surface area (Å²) in [5, 5.41) is 2.93. The summed E-state index contributed by atoms with van der Waals surface area (Å²) in [7, 11) is 1.72. The molecule has 21 heavy (non-hydrogen) atoms. The average Bonchev–Trinajstić information content (AvgIpc) is 2.46. The molecule has 1 aromatic carbocycles. The number of nitrogens with one attached hydrogen (secondary N) is 1. The highest BCUT2D eigenvalue weighted by Gasteiger charge is 2.16. The molecule has 0 aliphatic heterocycles. The van der Waals surface area contributed by atoms with E-state index in [2.05, 4.69) is 31.2 Å². The van der Waals surface area contributed by atoms with Gasteiger partial charge in [-0.2, -0.15) is 9.37 Å². The Hall–Kier alpha value is -1.76. The Morgan fingerprint density at radius 3 is 2.62 bits per heavy atom. The van der Waals surface area contributed by atoms with Gasteiger partial charge in [0.15, 0.2) is 11.6 Å². The molecule has 7 heteroatoms. The first-order chi connectivity index (χ1) is 9.96. The maximum absolute atomic E-state index is 13.8. The minimum atomic E-state index is -1.06. The number of anilines is 1. The van der Waals surface area contributed by atoms with Crippen molar-refractivity contribution in [3.63, 3.8) is 0 Å². The van der Waals surface area contributed by atoms with Crippen molar-refractivity contribution in [2.24, 2.45) is 0 Å². The predicted octanol–water partition coefficient (Wildman–Crippen LogP) is 4.22. The minimum absolute atomic E-state index is 0.197. The van der Waals surface area contributed by atoms with Crippen LogP contribution in [0.4, 0.5) is 14.6 Å². The van der Waals surface area contributed by atoms with Gasteiger partial charge in [-0.05, 0) is 19.1 Å². The Kier molecular flexibility index (Phi) is 4.72. The van der Waals surface area contributed by atoms with Gasteiger partial charge < -0.3 is 10.1 Å². The van der Waals surface area contributed by atoms with Crippen LogP contribution < -0.4 is 10.1 Å². The third kappa shape index (κ3) is 3.29. The van der Waals surface area contributed by atoms with E-state index in [1.54, 1.807) is 14.0 Å². The molecule has 112 valence electrons. The molecule has 0 saturated heterocycles. The molecule has 0 fully saturated rings. The summed E-state index contributed by atoms with van der Waals surface area (Å²) in [5.74, 6) is -0.935. The van der Waals surface area contributed by atoms with Gasteiger partial charge in [0.25, 0.3) is 0 Å². The molecular weight excluding hydrogens is 344 g/mol. The second kappa shape index (κ2) is 6.34. The molecule has 0 unspecified atom stereocenters. The van der Waals surface area contributed by atoms with Crippen LogP contribution in [0.15, 0.2) is 16.6 Å². The van der Waals surface area contributed by atoms with Crippen molar-refractivity contribution in [3.8, 4) is 11.6 Å². The van der Waals surface area contributed by atoms with Gasteiger partial charge in [-0.15, -0.1) is 0 Å². The van der Waals surface area contributed by atoms with Crippen molar-refractivity contribution in [3.05, 3.63) is 39.6 Å².